The van der Waals surface area contributed by atoms with Gasteiger partial charge < -0.3 is 4.98 Å². The van der Waals surface area contributed by atoms with Crippen LogP contribution < -0.4 is 0 Å². The molecule has 84 valence electrons. The van der Waals surface area contributed by atoms with Crippen LogP contribution in [-0.4, -0.2) is 16.6 Å². The van der Waals surface area contributed by atoms with Crippen LogP contribution in [0.1, 0.15) is 23.2 Å². The van der Waals surface area contributed by atoms with E-state index in [0.717, 1.165) is 27.4 Å². The molecule has 4 heteroatoms. The van der Waals surface area contributed by atoms with E-state index in [1.807, 2.05) is 18.2 Å². The number of alkyl halides is 1. The van der Waals surface area contributed by atoms with Crippen molar-refractivity contribution in [1.29, 1.82) is 0 Å². The Balaban J connectivity index is 2.41. The number of carbonyl (C=O) groups is 1. The summed E-state index contributed by atoms with van der Waals surface area (Å²) < 4.78 is 0.945. The number of aromatic nitrogens is 1. The van der Waals surface area contributed by atoms with Gasteiger partial charge in [0.2, 0.25) is 0 Å². The van der Waals surface area contributed by atoms with E-state index >= 15 is 0 Å². The standard InChI is InChI=1S/C12H11BrClNO/c13-9-3-1-4-10-12(9)8(7-15-10)11(16)5-2-6-14/h1,3-4,7,15H,2,5-6H2. The predicted octanol–water partition coefficient (Wildman–Crippen LogP) is 4.13. The van der Waals surface area contributed by atoms with E-state index in [9.17, 15) is 4.79 Å². The number of hydrogen-bond donors (Lipinski definition) is 1. The number of rotatable bonds is 4. The summed E-state index contributed by atoms with van der Waals surface area (Å²) in [7, 11) is 0. The van der Waals surface area contributed by atoms with Crippen molar-refractivity contribution >= 4 is 44.2 Å². The van der Waals surface area contributed by atoms with E-state index in [4.69, 9.17) is 11.6 Å². The summed E-state index contributed by atoms with van der Waals surface area (Å²) in [6.07, 6.45) is 2.99. The zero-order valence-corrected chi connectivity index (χ0v) is 10.9. The molecule has 0 aliphatic rings. The lowest BCUT2D eigenvalue weighted by Crippen LogP contribution is -1.98. The van der Waals surface area contributed by atoms with Crippen molar-refractivity contribution in [1.82, 2.24) is 4.98 Å². The minimum absolute atomic E-state index is 0.138. The maximum Gasteiger partial charge on any atom is 0.165 e. The number of H-pyrrole nitrogens is 1. The normalized spacial score (nSPS) is 10.9. The first kappa shape index (κ1) is 11.7. The molecule has 0 fully saturated rings. The van der Waals surface area contributed by atoms with Gasteiger partial charge in [-0.1, -0.05) is 22.0 Å². The number of Topliss-reactive ketones (excluding diaryl/α,β-unsaturated/α-hetero) is 1. The van der Waals surface area contributed by atoms with Gasteiger partial charge in [0.15, 0.2) is 5.78 Å². The molecule has 1 N–H and O–H groups in total. The fourth-order valence-electron chi connectivity index (χ4n) is 1.72. The summed E-state index contributed by atoms with van der Waals surface area (Å²) in [5.74, 6) is 0.661. The molecule has 2 rings (SSSR count). The topological polar surface area (TPSA) is 32.9 Å². The van der Waals surface area contributed by atoms with Crippen LogP contribution in [0.15, 0.2) is 28.9 Å². The highest BCUT2D eigenvalue weighted by Crippen LogP contribution is 2.27. The van der Waals surface area contributed by atoms with Crippen LogP contribution in [0.2, 0.25) is 0 Å². The Morgan fingerprint density at radius 1 is 1.44 bits per heavy atom. The lowest BCUT2D eigenvalue weighted by molar-refractivity contribution is 0.0983. The van der Waals surface area contributed by atoms with Gasteiger partial charge >= 0.3 is 0 Å². The summed E-state index contributed by atoms with van der Waals surface area (Å²) in [5, 5.41) is 0.960. The molecule has 0 saturated carbocycles. The minimum atomic E-state index is 0.138. The van der Waals surface area contributed by atoms with Crippen LogP contribution in [0.3, 0.4) is 0 Å². The van der Waals surface area contributed by atoms with Gasteiger partial charge in [0.05, 0.1) is 0 Å². The largest absolute Gasteiger partial charge is 0.360 e. The first-order valence-electron chi connectivity index (χ1n) is 5.09. The zero-order chi connectivity index (χ0) is 11.5. The second kappa shape index (κ2) is 5.02. The van der Waals surface area contributed by atoms with Gasteiger partial charge in [-0.25, -0.2) is 0 Å². The van der Waals surface area contributed by atoms with E-state index < -0.39 is 0 Å². The number of carbonyl (C=O) groups excluding carboxylic acids is 1. The number of ketones is 1. The Morgan fingerprint density at radius 3 is 3.00 bits per heavy atom. The molecule has 0 aliphatic heterocycles. The Kier molecular flexibility index (Phi) is 3.66. The Bertz CT molecular complexity index is 521. The Labute approximate surface area is 107 Å². The molecule has 1 aromatic heterocycles. The Hall–Kier alpha value is -0.800. The molecule has 1 aromatic carbocycles. The number of aromatic amines is 1. The van der Waals surface area contributed by atoms with Gasteiger partial charge in [-0.3, -0.25) is 4.79 Å². The molecule has 0 bridgehead atoms. The van der Waals surface area contributed by atoms with Gasteiger partial charge in [0.25, 0.3) is 0 Å². The molecule has 0 spiro atoms. The lowest BCUT2D eigenvalue weighted by atomic mass is 10.1. The highest BCUT2D eigenvalue weighted by Gasteiger charge is 2.13. The second-order valence-electron chi connectivity index (χ2n) is 3.58. The fraction of sp³-hybridized carbons (Fsp3) is 0.250. The van der Waals surface area contributed by atoms with Crippen LogP contribution in [0.25, 0.3) is 10.9 Å². The van der Waals surface area contributed by atoms with Gasteiger partial charge in [0.1, 0.15) is 0 Å². The number of halogens is 2. The summed E-state index contributed by atoms with van der Waals surface area (Å²) >= 11 is 9.05. The smallest absolute Gasteiger partial charge is 0.165 e. The van der Waals surface area contributed by atoms with Gasteiger partial charge in [-0.15, -0.1) is 11.6 Å². The summed E-state index contributed by atoms with van der Waals surface area (Å²) in [6.45, 7) is 0. The lowest BCUT2D eigenvalue weighted by Gasteiger charge is -1.99. The van der Waals surface area contributed by atoms with Crippen molar-refractivity contribution < 1.29 is 4.79 Å². The number of nitrogens with one attached hydrogen (secondary N) is 1. The maximum absolute atomic E-state index is 11.9. The van der Waals surface area contributed by atoms with Crippen molar-refractivity contribution in [2.75, 3.05) is 5.88 Å². The van der Waals surface area contributed by atoms with Gasteiger partial charge in [-0.05, 0) is 18.6 Å². The number of hydrogen-bond acceptors (Lipinski definition) is 1. The molecule has 2 nitrogen and oxygen atoms in total. The molecular weight excluding hydrogens is 289 g/mol. The van der Waals surface area contributed by atoms with E-state index in [-0.39, 0.29) is 5.78 Å². The third-order valence-corrected chi connectivity index (χ3v) is 3.42. The molecule has 0 amide bonds. The predicted molar refractivity (Wildman–Crippen MR) is 70.3 cm³/mol. The number of fused-ring (bicyclic) bond motifs is 1. The third-order valence-electron chi connectivity index (χ3n) is 2.49. The second-order valence-corrected chi connectivity index (χ2v) is 4.81. The molecule has 0 aliphatic carbocycles. The summed E-state index contributed by atoms with van der Waals surface area (Å²) in [6, 6.07) is 5.84. The average Bonchev–Trinajstić information content (AvgIpc) is 2.71. The van der Waals surface area contributed by atoms with Crippen LogP contribution in [0, 0.1) is 0 Å². The molecule has 0 atom stereocenters. The zero-order valence-electron chi connectivity index (χ0n) is 8.59. The third kappa shape index (κ3) is 2.15. The summed E-state index contributed by atoms with van der Waals surface area (Å²) in [4.78, 5) is 15.0. The monoisotopic (exact) mass is 299 g/mol. The van der Waals surface area contributed by atoms with Crippen LogP contribution >= 0.6 is 27.5 Å². The molecule has 0 saturated heterocycles. The van der Waals surface area contributed by atoms with Crippen molar-refractivity contribution in [3.05, 3.63) is 34.4 Å². The van der Waals surface area contributed by atoms with Crippen LogP contribution in [0.5, 0.6) is 0 Å². The first-order chi connectivity index (χ1) is 7.74. The highest BCUT2D eigenvalue weighted by molar-refractivity contribution is 9.10. The average molecular weight is 301 g/mol. The fourth-order valence-corrected chi connectivity index (χ4v) is 2.44. The SMILES string of the molecule is O=C(CCCCl)c1c[nH]c2cccc(Br)c12. The first-order valence-corrected chi connectivity index (χ1v) is 6.41. The van der Waals surface area contributed by atoms with E-state index in [0.29, 0.717) is 12.3 Å². The van der Waals surface area contributed by atoms with E-state index in [1.54, 1.807) is 6.20 Å². The van der Waals surface area contributed by atoms with E-state index in [2.05, 4.69) is 20.9 Å². The molecular formula is C12H11BrClNO. The molecule has 16 heavy (non-hydrogen) atoms. The van der Waals surface area contributed by atoms with E-state index in [1.165, 1.54) is 0 Å². The molecule has 2 aromatic rings. The molecule has 0 radical (unpaired) electrons. The molecule has 0 unspecified atom stereocenters. The van der Waals surface area contributed by atoms with Crippen molar-refractivity contribution in [3.63, 3.8) is 0 Å². The highest BCUT2D eigenvalue weighted by atomic mass is 79.9. The van der Waals surface area contributed by atoms with Gasteiger partial charge in [0, 0.05) is 39.4 Å². The maximum atomic E-state index is 11.9. The van der Waals surface area contributed by atoms with Crippen LogP contribution in [-0.2, 0) is 0 Å². The molecule has 1 heterocycles. The van der Waals surface area contributed by atoms with Crippen molar-refractivity contribution in [3.8, 4) is 0 Å². The number of benzene rings is 1. The minimum Gasteiger partial charge on any atom is -0.360 e. The van der Waals surface area contributed by atoms with Gasteiger partial charge in [-0.2, -0.15) is 0 Å². The van der Waals surface area contributed by atoms with Crippen molar-refractivity contribution in [2.24, 2.45) is 0 Å². The van der Waals surface area contributed by atoms with Crippen LogP contribution in [0.4, 0.5) is 0 Å². The quantitative estimate of drug-likeness (QED) is 0.668. The summed E-state index contributed by atoms with van der Waals surface area (Å²) in [5.41, 5.74) is 1.72. The van der Waals surface area contributed by atoms with Crippen molar-refractivity contribution in [2.45, 2.75) is 12.8 Å². The Morgan fingerprint density at radius 2 is 2.25 bits per heavy atom.